The maximum Gasteiger partial charge on any atom is 0.335 e. The number of fused-ring (bicyclic) bond motifs is 1. The van der Waals surface area contributed by atoms with Crippen LogP contribution in [0.15, 0.2) is 84.9 Å². The zero-order valence-corrected chi connectivity index (χ0v) is 19.8. The van der Waals surface area contributed by atoms with E-state index in [0.29, 0.717) is 24.2 Å². The number of benzene rings is 4. The molecule has 174 valence electrons. The highest BCUT2D eigenvalue weighted by Crippen LogP contribution is 2.38. The van der Waals surface area contributed by atoms with Crippen LogP contribution in [0.2, 0.25) is 0 Å². The lowest BCUT2D eigenvalue weighted by Gasteiger charge is -2.25. The van der Waals surface area contributed by atoms with Crippen LogP contribution in [0.3, 0.4) is 0 Å². The van der Waals surface area contributed by atoms with Gasteiger partial charge >= 0.3 is 5.97 Å². The zero-order valence-electron chi connectivity index (χ0n) is 19.0. The topological polar surface area (TPSA) is 81.1 Å². The maximum absolute atomic E-state index is 12.7. The zero-order chi connectivity index (χ0) is 24.2. The van der Waals surface area contributed by atoms with Gasteiger partial charge in [-0.05, 0) is 54.3 Å². The quantitative estimate of drug-likeness (QED) is 0.322. The fourth-order valence-electron chi connectivity index (χ4n) is 4.20. The molecule has 34 heavy (non-hydrogen) atoms. The number of aryl methyl sites for hydroxylation is 2. The number of carboxylic acids is 1. The largest absolute Gasteiger partial charge is 0.478 e. The molecule has 0 radical (unpaired) electrons. The van der Waals surface area contributed by atoms with Crippen LogP contribution in [0, 0.1) is 0 Å². The Balaban J connectivity index is 1.75. The molecule has 0 spiro atoms. The molecule has 2 N–H and O–H groups in total. The molecule has 0 aliphatic heterocycles. The van der Waals surface area contributed by atoms with Crippen LogP contribution in [0.25, 0.3) is 10.8 Å². The first-order valence-corrected chi connectivity index (χ1v) is 11.9. The Hall–Kier alpha value is -3.68. The van der Waals surface area contributed by atoms with E-state index in [-0.39, 0.29) is 5.56 Å². The van der Waals surface area contributed by atoms with Crippen LogP contribution < -0.4 is 9.21 Å². The van der Waals surface area contributed by atoms with E-state index < -0.39 is 17.2 Å². The van der Waals surface area contributed by atoms with Crippen molar-refractivity contribution < 1.29 is 18.7 Å². The molecule has 6 nitrogen and oxygen atoms in total. The van der Waals surface area contributed by atoms with Gasteiger partial charge in [0, 0.05) is 30.6 Å². The number of rotatable bonds is 8. The SMILES string of the molecule is CN(C)c1cccc2c(N(c3ccccc3CCc3cccc(C(=O)O)c3)S(=O)O)cccc12. The average molecular weight is 475 g/mol. The summed E-state index contributed by atoms with van der Waals surface area (Å²) in [7, 11) is 3.94. The predicted molar refractivity (Wildman–Crippen MR) is 138 cm³/mol. The minimum absolute atomic E-state index is 0.247. The Kier molecular flexibility index (Phi) is 6.95. The van der Waals surface area contributed by atoms with E-state index in [1.54, 1.807) is 18.2 Å². The molecule has 0 bridgehead atoms. The number of anilines is 3. The second-order valence-electron chi connectivity index (χ2n) is 8.20. The first kappa shape index (κ1) is 23.5. The number of aromatic carboxylic acids is 1. The van der Waals surface area contributed by atoms with E-state index in [1.165, 1.54) is 4.31 Å². The van der Waals surface area contributed by atoms with Crippen molar-refractivity contribution in [1.82, 2.24) is 0 Å². The average Bonchev–Trinajstić information content (AvgIpc) is 2.83. The van der Waals surface area contributed by atoms with E-state index in [0.717, 1.165) is 27.6 Å². The molecule has 0 aliphatic rings. The third-order valence-corrected chi connectivity index (χ3v) is 6.51. The fourth-order valence-corrected chi connectivity index (χ4v) is 4.87. The summed E-state index contributed by atoms with van der Waals surface area (Å²) in [6.45, 7) is 0. The van der Waals surface area contributed by atoms with E-state index in [1.807, 2.05) is 85.7 Å². The molecule has 4 aromatic rings. The lowest BCUT2D eigenvalue weighted by Crippen LogP contribution is -2.21. The summed E-state index contributed by atoms with van der Waals surface area (Å²) in [6, 6.07) is 26.1. The third-order valence-electron chi connectivity index (χ3n) is 5.80. The molecule has 0 aliphatic carbocycles. The molecule has 1 atom stereocenters. The summed E-state index contributed by atoms with van der Waals surface area (Å²) in [5.74, 6) is -0.961. The van der Waals surface area contributed by atoms with Crippen LogP contribution in [0.1, 0.15) is 21.5 Å². The van der Waals surface area contributed by atoms with Crippen LogP contribution in [-0.4, -0.2) is 33.9 Å². The summed E-state index contributed by atoms with van der Waals surface area (Å²) in [5.41, 5.74) is 4.34. The summed E-state index contributed by atoms with van der Waals surface area (Å²) >= 11 is -2.30. The highest BCUT2D eigenvalue weighted by atomic mass is 32.2. The van der Waals surface area contributed by atoms with Gasteiger partial charge in [-0.2, -0.15) is 0 Å². The van der Waals surface area contributed by atoms with Crippen LogP contribution >= 0.6 is 0 Å². The molecular weight excluding hydrogens is 448 g/mol. The standard InChI is InChI=1S/C27H26N2O4S/c1-28(2)25-14-6-12-23-22(25)11-7-15-26(23)29(34(32)33)24-13-4-3-9-20(24)17-16-19-8-5-10-21(18-19)27(30)31/h3-15,18H,16-17H2,1-2H3,(H,30,31)(H,32,33). The van der Waals surface area contributed by atoms with Crippen molar-refractivity contribution in [3.8, 4) is 0 Å². The minimum atomic E-state index is -2.30. The predicted octanol–water partition coefficient (Wildman–Crippen LogP) is 5.66. The van der Waals surface area contributed by atoms with Crippen molar-refractivity contribution in [2.75, 3.05) is 23.3 Å². The molecule has 0 aromatic heterocycles. The normalized spacial score (nSPS) is 11.9. The van der Waals surface area contributed by atoms with Crippen LogP contribution in [0.5, 0.6) is 0 Å². The van der Waals surface area contributed by atoms with Gasteiger partial charge in [0.1, 0.15) is 0 Å². The van der Waals surface area contributed by atoms with E-state index >= 15 is 0 Å². The molecular formula is C27H26N2O4S. The maximum atomic E-state index is 12.7. The summed E-state index contributed by atoms with van der Waals surface area (Å²) < 4.78 is 24.5. The van der Waals surface area contributed by atoms with E-state index in [9.17, 15) is 18.7 Å². The number of hydrogen-bond donors (Lipinski definition) is 2. The molecule has 0 saturated carbocycles. The van der Waals surface area contributed by atoms with Gasteiger partial charge in [-0.3, -0.25) is 4.55 Å². The molecule has 0 saturated heterocycles. The van der Waals surface area contributed by atoms with Crippen LogP contribution in [-0.2, 0) is 24.1 Å². The van der Waals surface area contributed by atoms with Gasteiger partial charge in [0.2, 0.25) is 0 Å². The van der Waals surface area contributed by atoms with Crippen molar-refractivity contribution in [2.24, 2.45) is 0 Å². The number of carbonyl (C=O) groups is 1. The van der Waals surface area contributed by atoms with Crippen LogP contribution in [0.4, 0.5) is 17.1 Å². The minimum Gasteiger partial charge on any atom is -0.478 e. The highest BCUT2D eigenvalue weighted by Gasteiger charge is 2.21. The number of para-hydroxylation sites is 1. The number of hydrogen-bond acceptors (Lipinski definition) is 3. The lowest BCUT2D eigenvalue weighted by atomic mass is 10.0. The Morgan fingerprint density at radius 3 is 2.09 bits per heavy atom. The molecule has 0 heterocycles. The second kappa shape index (κ2) is 10.1. The fraction of sp³-hybridized carbons (Fsp3) is 0.148. The van der Waals surface area contributed by atoms with E-state index in [2.05, 4.69) is 0 Å². The van der Waals surface area contributed by atoms with Gasteiger partial charge in [-0.25, -0.2) is 13.3 Å². The van der Waals surface area contributed by atoms with Gasteiger partial charge in [-0.1, -0.05) is 54.6 Å². The summed E-state index contributed by atoms with van der Waals surface area (Å²) in [5, 5.41) is 11.1. The Morgan fingerprint density at radius 2 is 1.41 bits per heavy atom. The Morgan fingerprint density at radius 1 is 0.794 bits per heavy atom. The number of carboxylic acid groups (broad SMARTS) is 1. The monoisotopic (exact) mass is 474 g/mol. The smallest absolute Gasteiger partial charge is 0.335 e. The van der Waals surface area contributed by atoms with Gasteiger partial charge in [-0.15, -0.1) is 0 Å². The summed E-state index contributed by atoms with van der Waals surface area (Å²) in [6.07, 6.45) is 1.19. The lowest BCUT2D eigenvalue weighted by molar-refractivity contribution is 0.0696. The molecule has 4 aromatic carbocycles. The number of nitrogens with zero attached hydrogens (tertiary/aromatic N) is 2. The second-order valence-corrected chi connectivity index (χ2v) is 9.03. The Bertz CT molecular complexity index is 1370. The van der Waals surface area contributed by atoms with Crippen molar-refractivity contribution in [3.63, 3.8) is 0 Å². The van der Waals surface area contributed by atoms with Gasteiger partial charge < -0.3 is 10.0 Å². The molecule has 1 unspecified atom stereocenters. The summed E-state index contributed by atoms with van der Waals surface area (Å²) in [4.78, 5) is 13.3. The van der Waals surface area contributed by atoms with Gasteiger partial charge in [0.05, 0.1) is 16.9 Å². The van der Waals surface area contributed by atoms with Crippen molar-refractivity contribution >= 4 is 45.1 Å². The third kappa shape index (κ3) is 4.81. The van der Waals surface area contributed by atoms with Gasteiger partial charge in [0.25, 0.3) is 11.3 Å². The van der Waals surface area contributed by atoms with E-state index in [4.69, 9.17) is 0 Å². The molecule has 7 heteroatoms. The molecule has 0 fully saturated rings. The first-order valence-electron chi connectivity index (χ1n) is 10.9. The van der Waals surface area contributed by atoms with Crippen molar-refractivity contribution in [3.05, 3.63) is 102 Å². The van der Waals surface area contributed by atoms with Crippen molar-refractivity contribution in [1.29, 1.82) is 0 Å². The van der Waals surface area contributed by atoms with Gasteiger partial charge in [0.15, 0.2) is 0 Å². The first-order chi connectivity index (χ1) is 16.4. The Labute approximate surface area is 201 Å². The van der Waals surface area contributed by atoms with Crippen molar-refractivity contribution in [2.45, 2.75) is 12.8 Å². The molecule has 4 rings (SSSR count). The highest BCUT2D eigenvalue weighted by molar-refractivity contribution is 7.81. The molecule has 0 amide bonds.